The highest BCUT2D eigenvalue weighted by atomic mass is 32.2. The highest BCUT2D eigenvalue weighted by Gasteiger charge is 2.27. The second-order valence-electron chi connectivity index (χ2n) is 6.10. The molecule has 3 heterocycles. The molecule has 3 rings (SSSR count). The molecule has 0 radical (unpaired) electrons. The highest BCUT2D eigenvalue weighted by molar-refractivity contribution is 7.91. The molecule has 1 unspecified atom stereocenters. The molecule has 0 bridgehead atoms. The summed E-state index contributed by atoms with van der Waals surface area (Å²) in [7, 11) is -3.61. The number of hydrogen-bond donors (Lipinski definition) is 2. The maximum Gasteiger partial charge on any atom is 0.250 e. The average Bonchev–Trinajstić information content (AvgIpc) is 3.31. The largest absolute Gasteiger partial charge is 0.341 e. The topological polar surface area (TPSA) is 95.2 Å². The third-order valence-electron chi connectivity index (χ3n) is 4.49. The van der Waals surface area contributed by atoms with Gasteiger partial charge in [-0.15, -0.1) is 11.3 Å². The van der Waals surface area contributed by atoms with Crippen molar-refractivity contribution in [2.45, 2.75) is 36.3 Å². The van der Waals surface area contributed by atoms with E-state index < -0.39 is 10.0 Å². The minimum atomic E-state index is -3.61. The van der Waals surface area contributed by atoms with Crippen LogP contribution in [0.5, 0.6) is 0 Å². The second-order valence-corrected chi connectivity index (χ2v) is 9.04. The lowest BCUT2D eigenvalue weighted by Gasteiger charge is -2.32. The first-order chi connectivity index (χ1) is 12.0. The van der Waals surface area contributed by atoms with E-state index in [1.807, 2.05) is 6.20 Å². The number of likely N-dealkylation sites (tertiary alicyclic amines) is 1. The molecule has 25 heavy (non-hydrogen) atoms. The molecule has 2 aromatic heterocycles. The van der Waals surface area contributed by atoms with E-state index in [9.17, 15) is 13.2 Å². The SMILES string of the molecule is CCc1cn[nH]c1C1CCCN(C(=O)CNS(=O)(=O)c2cccs2)C1. The fraction of sp³-hybridized carbons (Fsp3) is 0.500. The van der Waals surface area contributed by atoms with Crippen LogP contribution in [0.1, 0.15) is 36.9 Å². The van der Waals surface area contributed by atoms with Crippen molar-refractivity contribution in [3.05, 3.63) is 35.0 Å². The van der Waals surface area contributed by atoms with Crippen LogP contribution in [0, 0.1) is 0 Å². The van der Waals surface area contributed by atoms with E-state index in [-0.39, 0.29) is 22.6 Å². The number of hydrogen-bond acceptors (Lipinski definition) is 5. The number of thiophene rings is 1. The average molecular weight is 383 g/mol. The lowest BCUT2D eigenvalue weighted by atomic mass is 9.92. The third-order valence-corrected chi connectivity index (χ3v) is 7.29. The van der Waals surface area contributed by atoms with E-state index in [1.165, 1.54) is 11.6 Å². The molecule has 1 amide bonds. The summed E-state index contributed by atoms with van der Waals surface area (Å²) in [6.45, 7) is 3.12. The van der Waals surface area contributed by atoms with Crippen molar-refractivity contribution in [3.63, 3.8) is 0 Å². The molecule has 136 valence electrons. The fourth-order valence-electron chi connectivity index (χ4n) is 3.15. The molecule has 2 N–H and O–H groups in total. The number of piperidine rings is 1. The molecule has 2 aromatic rings. The van der Waals surface area contributed by atoms with Crippen LogP contribution < -0.4 is 4.72 Å². The van der Waals surface area contributed by atoms with Crippen molar-refractivity contribution in [1.29, 1.82) is 0 Å². The summed E-state index contributed by atoms with van der Waals surface area (Å²) in [5.41, 5.74) is 2.27. The molecule has 7 nitrogen and oxygen atoms in total. The maximum absolute atomic E-state index is 12.5. The predicted octanol–water partition coefficient (Wildman–Crippen LogP) is 1.72. The van der Waals surface area contributed by atoms with Gasteiger partial charge in [-0.2, -0.15) is 5.10 Å². The van der Waals surface area contributed by atoms with Gasteiger partial charge in [-0.3, -0.25) is 9.89 Å². The van der Waals surface area contributed by atoms with E-state index in [4.69, 9.17) is 0 Å². The van der Waals surface area contributed by atoms with Gasteiger partial charge in [0.15, 0.2) is 0 Å². The highest BCUT2D eigenvalue weighted by Crippen LogP contribution is 2.28. The van der Waals surface area contributed by atoms with E-state index in [2.05, 4.69) is 21.8 Å². The van der Waals surface area contributed by atoms with Crippen molar-refractivity contribution >= 4 is 27.3 Å². The Hall–Kier alpha value is -1.71. The van der Waals surface area contributed by atoms with Crippen molar-refractivity contribution in [1.82, 2.24) is 19.8 Å². The molecule has 0 spiro atoms. The van der Waals surface area contributed by atoms with Gasteiger partial charge in [0.25, 0.3) is 10.0 Å². The fourth-order valence-corrected chi connectivity index (χ4v) is 5.16. The van der Waals surface area contributed by atoms with Gasteiger partial charge in [0.05, 0.1) is 12.7 Å². The molecule has 1 aliphatic heterocycles. The molecule has 0 aromatic carbocycles. The number of aryl methyl sites for hydroxylation is 1. The number of sulfonamides is 1. The molecule has 9 heteroatoms. The number of carbonyl (C=O) groups excluding carboxylic acids is 1. The van der Waals surface area contributed by atoms with Crippen LogP contribution in [0.25, 0.3) is 0 Å². The summed E-state index contributed by atoms with van der Waals surface area (Å²) in [6.07, 6.45) is 4.64. The summed E-state index contributed by atoms with van der Waals surface area (Å²) in [5.74, 6) is 0.0337. The number of H-pyrrole nitrogens is 1. The second kappa shape index (κ2) is 7.67. The Bertz CT molecular complexity index is 814. The number of aromatic nitrogens is 2. The summed E-state index contributed by atoms with van der Waals surface area (Å²) in [5, 5.41) is 8.87. The van der Waals surface area contributed by atoms with Gasteiger partial charge in [-0.25, -0.2) is 13.1 Å². The van der Waals surface area contributed by atoms with Gasteiger partial charge in [0, 0.05) is 24.7 Å². The minimum Gasteiger partial charge on any atom is -0.341 e. The minimum absolute atomic E-state index is 0.192. The molecule has 1 atom stereocenters. The van der Waals surface area contributed by atoms with Crippen molar-refractivity contribution < 1.29 is 13.2 Å². The molecule has 0 saturated carbocycles. The Morgan fingerprint density at radius 3 is 3.08 bits per heavy atom. The normalized spacial score (nSPS) is 18.4. The molecule has 0 aliphatic carbocycles. The van der Waals surface area contributed by atoms with E-state index in [0.29, 0.717) is 13.1 Å². The Balaban J connectivity index is 1.61. The number of nitrogens with zero attached hydrogens (tertiary/aromatic N) is 2. The summed E-state index contributed by atoms with van der Waals surface area (Å²) < 4.78 is 26.9. The van der Waals surface area contributed by atoms with E-state index >= 15 is 0 Å². The monoisotopic (exact) mass is 382 g/mol. The van der Waals surface area contributed by atoms with Gasteiger partial charge < -0.3 is 4.90 Å². The Morgan fingerprint density at radius 2 is 2.36 bits per heavy atom. The smallest absolute Gasteiger partial charge is 0.250 e. The molecular weight excluding hydrogens is 360 g/mol. The maximum atomic E-state index is 12.5. The van der Waals surface area contributed by atoms with Gasteiger partial charge in [0.1, 0.15) is 4.21 Å². The number of rotatable bonds is 6. The molecule has 1 aliphatic rings. The zero-order valence-corrected chi connectivity index (χ0v) is 15.7. The van der Waals surface area contributed by atoms with Gasteiger partial charge in [-0.05, 0) is 36.3 Å². The standard InChI is InChI=1S/C16H22N4O3S2/c1-2-12-9-17-19-16(12)13-5-3-7-20(11-13)14(21)10-18-25(22,23)15-6-4-8-24-15/h4,6,8-9,13,18H,2-3,5,7,10-11H2,1H3,(H,17,19). The number of carbonyl (C=O) groups is 1. The Labute approximate surface area is 151 Å². The molecule has 1 saturated heterocycles. The van der Waals surface area contributed by atoms with Crippen LogP contribution in [0.2, 0.25) is 0 Å². The third kappa shape index (κ3) is 4.10. The van der Waals surface area contributed by atoms with Crippen molar-refractivity contribution in [3.8, 4) is 0 Å². The zero-order chi connectivity index (χ0) is 17.9. The number of aromatic amines is 1. The lowest BCUT2D eigenvalue weighted by molar-refractivity contribution is -0.131. The summed E-state index contributed by atoms with van der Waals surface area (Å²) in [6, 6.07) is 3.20. The van der Waals surface area contributed by atoms with E-state index in [1.54, 1.807) is 16.3 Å². The summed E-state index contributed by atoms with van der Waals surface area (Å²) in [4.78, 5) is 14.2. The van der Waals surface area contributed by atoms with Gasteiger partial charge >= 0.3 is 0 Å². The molecule has 1 fully saturated rings. The van der Waals surface area contributed by atoms with Crippen LogP contribution in [0.4, 0.5) is 0 Å². The Morgan fingerprint density at radius 1 is 1.52 bits per heavy atom. The van der Waals surface area contributed by atoms with Gasteiger partial charge in [-0.1, -0.05) is 13.0 Å². The van der Waals surface area contributed by atoms with Crippen LogP contribution >= 0.6 is 11.3 Å². The first-order valence-corrected chi connectivity index (χ1v) is 10.7. The van der Waals surface area contributed by atoms with Crippen LogP contribution in [-0.2, 0) is 21.2 Å². The Kier molecular flexibility index (Phi) is 5.55. The quantitative estimate of drug-likeness (QED) is 0.795. The van der Waals surface area contributed by atoms with Crippen LogP contribution in [0.3, 0.4) is 0 Å². The number of nitrogens with one attached hydrogen (secondary N) is 2. The first kappa shape index (κ1) is 18.1. The van der Waals surface area contributed by atoms with Crippen molar-refractivity contribution in [2.24, 2.45) is 0 Å². The van der Waals surface area contributed by atoms with Crippen LogP contribution in [0.15, 0.2) is 27.9 Å². The summed E-state index contributed by atoms with van der Waals surface area (Å²) >= 11 is 1.13. The first-order valence-electron chi connectivity index (χ1n) is 8.34. The van der Waals surface area contributed by atoms with Crippen molar-refractivity contribution in [2.75, 3.05) is 19.6 Å². The predicted molar refractivity (Wildman–Crippen MR) is 96.0 cm³/mol. The molecular formula is C16H22N4O3S2. The zero-order valence-electron chi connectivity index (χ0n) is 14.1. The van der Waals surface area contributed by atoms with Gasteiger partial charge in [0.2, 0.25) is 5.91 Å². The van der Waals surface area contributed by atoms with Crippen LogP contribution in [-0.4, -0.2) is 49.1 Å². The number of amides is 1. The lowest BCUT2D eigenvalue weighted by Crippen LogP contribution is -2.44. The van der Waals surface area contributed by atoms with E-state index in [0.717, 1.165) is 36.3 Å².